The largest absolute Gasteiger partial charge is 0.394 e. The van der Waals surface area contributed by atoms with Crippen molar-refractivity contribution < 1.29 is 19.8 Å². The molecule has 178 valence electrons. The van der Waals surface area contributed by atoms with E-state index in [1.54, 1.807) is 0 Å². The average Bonchev–Trinajstić information content (AvgIpc) is 3.14. The second kappa shape index (κ2) is 14.8. The number of carbonyl (C=O) groups is 2. The zero-order valence-corrected chi connectivity index (χ0v) is 19.6. The number of unbranched alkanes of at least 4 members (excludes halogenated alkanes) is 5. The second-order valence-electron chi connectivity index (χ2n) is 9.60. The molecule has 1 aliphatic heterocycles. The van der Waals surface area contributed by atoms with Gasteiger partial charge < -0.3 is 15.1 Å². The minimum atomic E-state index is -0.384. The summed E-state index contributed by atoms with van der Waals surface area (Å²) >= 11 is 0. The molecule has 0 radical (unpaired) electrons. The number of hydrogen-bond acceptors (Lipinski definition) is 4. The van der Waals surface area contributed by atoms with Crippen LogP contribution in [0, 0.1) is 11.8 Å². The van der Waals surface area contributed by atoms with Gasteiger partial charge in [-0.1, -0.05) is 57.6 Å². The SMILES string of the molecule is CCCCC[C@H](O)/C=C/[C@H]1CCC(=O)[C@@H]1CCCCCCC(=O)N1CCCC[C@@H]1CO. The monoisotopic (exact) mass is 435 g/mol. The van der Waals surface area contributed by atoms with Gasteiger partial charge in [0.05, 0.1) is 18.8 Å². The number of Topliss-reactive ketones (excluding diaryl/α,β-unsaturated/α-hetero) is 1. The van der Waals surface area contributed by atoms with Crippen LogP contribution in [-0.4, -0.2) is 52.1 Å². The van der Waals surface area contributed by atoms with Gasteiger partial charge in [-0.15, -0.1) is 0 Å². The first kappa shape index (κ1) is 26.1. The Hall–Kier alpha value is -1.20. The van der Waals surface area contributed by atoms with E-state index in [0.29, 0.717) is 18.6 Å². The highest BCUT2D eigenvalue weighted by Crippen LogP contribution is 2.34. The number of nitrogens with zero attached hydrogens (tertiary/aromatic N) is 1. The number of carbonyl (C=O) groups excluding carboxylic acids is 2. The van der Waals surface area contributed by atoms with Crippen molar-refractivity contribution in [2.24, 2.45) is 11.8 Å². The number of amides is 1. The van der Waals surface area contributed by atoms with E-state index in [-0.39, 0.29) is 36.5 Å². The lowest BCUT2D eigenvalue weighted by Gasteiger charge is -2.34. The van der Waals surface area contributed by atoms with Crippen molar-refractivity contribution in [1.82, 2.24) is 4.90 Å². The Morgan fingerprint density at radius 3 is 2.71 bits per heavy atom. The van der Waals surface area contributed by atoms with Crippen molar-refractivity contribution in [3.8, 4) is 0 Å². The molecule has 0 aromatic carbocycles. The molecule has 1 aliphatic carbocycles. The van der Waals surface area contributed by atoms with Crippen molar-refractivity contribution in [3.05, 3.63) is 12.2 Å². The van der Waals surface area contributed by atoms with E-state index < -0.39 is 0 Å². The molecule has 0 unspecified atom stereocenters. The van der Waals surface area contributed by atoms with Gasteiger partial charge in [0.1, 0.15) is 5.78 Å². The maximum atomic E-state index is 12.4. The minimum absolute atomic E-state index is 0.0183. The van der Waals surface area contributed by atoms with Crippen LogP contribution in [0.25, 0.3) is 0 Å². The van der Waals surface area contributed by atoms with Gasteiger partial charge in [0.2, 0.25) is 5.91 Å². The van der Waals surface area contributed by atoms with Crippen LogP contribution < -0.4 is 0 Å². The summed E-state index contributed by atoms with van der Waals surface area (Å²) in [4.78, 5) is 26.6. The lowest BCUT2D eigenvalue weighted by molar-refractivity contribution is -0.136. The first-order valence-electron chi connectivity index (χ1n) is 12.9. The van der Waals surface area contributed by atoms with Crippen molar-refractivity contribution in [2.45, 2.75) is 115 Å². The predicted octanol–water partition coefficient (Wildman–Crippen LogP) is 4.79. The maximum absolute atomic E-state index is 12.4. The molecule has 0 aromatic rings. The molecule has 31 heavy (non-hydrogen) atoms. The summed E-state index contributed by atoms with van der Waals surface area (Å²) in [7, 11) is 0. The molecule has 2 N–H and O–H groups in total. The van der Waals surface area contributed by atoms with Gasteiger partial charge >= 0.3 is 0 Å². The van der Waals surface area contributed by atoms with Crippen LogP contribution in [0.3, 0.4) is 0 Å². The molecule has 0 spiro atoms. The van der Waals surface area contributed by atoms with Crippen molar-refractivity contribution in [3.63, 3.8) is 0 Å². The molecule has 1 amide bonds. The molecular weight excluding hydrogens is 390 g/mol. The van der Waals surface area contributed by atoms with Crippen LogP contribution in [0.5, 0.6) is 0 Å². The third-order valence-corrected chi connectivity index (χ3v) is 7.15. The number of allylic oxidation sites excluding steroid dienone is 1. The Bertz CT molecular complexity index is 562. The van der Waals surface area contributed by atoms with Gasteiger partial charge in [0.25, 0.3) is 0 Å². The van der Waals surface area contributed by atoms with Crippen LogP contribution in [0.2, 0.25) is 0 Å². The van der Waals surface area contributed by atoms with Gasteiger partial charge in [0, 0.05) is 25.3 Å². The molecular formula is C26H45NO4. The van der Waals surface area contributed by atoms with Crippen LogP contribution in [0.4, 0.5) is 0 Å². The summed E-state index contributed by atoms with van der Waals surface area (Å²) in [5, 5.41) is 19.6. The standard InChI is InChI=1S/C26H45NO4/c1-2-3-6-12-23(29)17-15-21-16-18-25(30)24(21)13-7-4-5-8-14-26(31)27-19-10-9-11-22(27)20-28/h15,17,21-24,28-29H,2-14,16,18-20H2,1H3/b17-15+/t21-,22+,23-,24+/m0/s1. The highest BCUT2D eigenvalue weighted by molar-refractivity contribution is 5.83. The summed E-state index contributed by atoms with van der Waals surface area (Å²) in [6, 6.07) is 0.0183. The predicted molar refractivity (Wildman–Crippen MR) is 125 cm³/mol. The fourth-order valence-corrected chi connectivity index (χ4v) is 5.17. The fourth-order valence-electron chi connectivity index (χ4n) is 5.17. The van der Waals surface area contributed by atoms with Crippen molar-refractivity contribution in [1.29, 1.82) is 0 Å². The number of rotatable bonds is 14. The van der Waals surface area contributed by atoms with E-state index in [4.69, 9.17) is 0 Å². The second-order valence-corrected chi connectivity index (χ2v) is 9.60. The van der Waals surface area contributed by atoms with Crippen LogP contribution in [-0.2, 0) is 9.59 Å². The molecule has 2 rings (SSSR count). The van der Waals surface area contributed by atoms with E-state index in [0.717, 1.165) is 90.0 Å². The lowest BCUT2D eigenvalue weighted by Crippen LogP contribution is -2.45. The number of ketones is 1. The number of aliphatic hydroxyl groups excluding tert-OH is 2. The highest BCUT2D eigenvalue weighted by Gasteiger charge is 2.32. The topological polar surface area (TPSA) is 77.8 Å². The zero-order valence-electron chi connectivity index (χ0n) is 19.6. The van der Waals surface area contributed by atoms with E-state index >= 15 is 0 Å². The number of piperidine rings is 1. The van der Waals surface area contributed by atoms with E-state index in [9.17, 15) is 19.8 Å². The van der Waals surface area contributed by atoms with E-state index in [1.165, 1.54) is 0 Å². The van der Waals surface area contributed by atoms with Crippen molar-refractivity contribution >= 4 is 11.7 Å². The number of hydrogen-bond donors (Lipinski definition) is 2. The summed E-state index contributed by atoms with van der Waals surface area (Å²) in [6.07, 6.45) is 17.9. The Kier molecular flexibility index (Phi) is 12.4. The first-order valence-corrected chi connectivity index (χ1v) is 12.9. The number of likely N-dealkylation sites (tertiary alicyclic amines) is 1. The normalized spacial score (nSPS) is 25.5. The van der Waals surface area contributed by atoms with Gasteiger partial charge in [-0.05, 0) is 50.9 Å². The van der Waals surface area contributed by atoms with Gasteiger partial charge in [-0.25, -0.2) is 0 Å². The Labute approximate surface area is 189 Å². The highest BCUT2D eigenvalue weighted by atomic mass is 16.3. The summed E-state index contributed by atoms with van der Waals surface area (Å²) in [5.74, 6) is 0.960. The Morgan fingerprint density at radius 2 is 1.94 bits per heavy atom. The molecule has 5 nitrogen and oxygen atoms in total. The minimum Gasteiger partial charge on any atom is -0.394 e. The van der Waals surface area contributed by atoms with Crippen LogP contribution >= 0.6 is 0 Å². The Morgan fingerprint density at radius 1 is 1.13 bits per heavy atom. The smallest absolute Gasteiger partial charge is 0.222 e. The molecule has 1 saturated heterocycles. The van der Waals surface area contributed by atoms with Gasteiger partial charge in [-0.2, -0.15) is 0 Å². The van der Waals surface area contributed by atoms with Crippen LogP contribution in [0.15, 0.2) is 12.2 Å². The molecule has 1 heterocycles. The van der Waals surface area contributed by atoms with Crippen LogP contribution in [0.1, 0.15) is 103 Å². The lowest BCUT2D eigenvalue weighted by atomic mass is 9.89. The summed E-state index contributed by atoms with van der Waals surface area (Å²) in [5.41, 5.74) is 0. The molecule has 0 bridgehead atoms. The average molecular weight is 436 g/mol. The van der Waals surface area contributed by atoms with Gasteiger partial charge in [-0.3, -0.25) is 9.59 Å². The fraction of sp³-hybridized carbons (Fsp3) is 0.846. The number of aliphatic hydroxyl groups is 2. The molecule has 2 fully saturated rings. The summed E-state index contributed by atoms with van der Waals surface area (Å²) in [6.45, 7) is 3.03. The Balaban J connectivity index is 1.62. The third-order valence-electron chi connectivity index (χ3n) is 7.15. The van der Waals surface area contributed by atoms with E-state index in [1.807, 2.05) is 11.0 Å². The molecule has 5 heteroatoms. The molecule has 0 aromatic heterocycles. The molecule has 2 aliphatic rings. The van der Waals surface area contributed by atoms with E-state index in [2.05, 4.69) is 13.0 Å². The zero-order chi connectivity index (χ0) is 22.5. The molecule has 1 saturated carbocycles. The third kappa shape index (κ3) is 9.05. The van der Waals surface area contributed by atoms with Crippen molar-refractivity contribution in [2.75, 3.05) is 13.2 Å². The quantitative estimate of drug-likeness (QED) is 0.304. The maximum Gasteiger partial charge on any atom is 0.222 e. The summed E-state index contributed by atoms with van der Waals surface area (Å²) < 4.78 is 0. The molecule has 4 atom stereocenters. The van der Waals surface area contributed by atoms with Gasteiger partial charge in [0.15, 0.2) is 0 Å². The first-order chi connectivity index (χ1) is 15.1.